The Morgan fingerprint density at radius 3 is 2.57 bits per heavy atom. The highest BCUT2D eigenvalue weighted by Gasteiger charge is 2.10. The fraction of sp³-hybridized carbons (Fsp3) is 0.286. The van der Waals surface area contributed by atoms with Crippen LogP contribution in [0, 0.1) is 20.8 Å². The molecule has 2 heterocycles. The van der Waals surface area contributed by atoms with Gasteiger partial charge in [-0.2, -0.15) is 4.68 Å². The molecule has 3 rings (SSSR count). The highest BCUT2D eigenvalue weighted by molar-refractivity contribution is 7.11. The Balaban J connectivity index is 1.79. The van der Waals surface area contributed by atoms with Gasteiger partial charge < -0.3 is 5.32 Å². The van der Waals surface area contributed by atoms with Gasteiger partial charge in [0.25, 0.3) is 0 Å². The van der Waals surface area contributed by atoms with Gasteiger partial charge in [-0.05, 0) is 43.3 Å². The largest absolute Gasteiger partial charge is 0.347 e. The number of thiazole rings is 1. The first-order chi connectivity index (χ1) is 10.1. The monoisotopic (exact) mass is 300 g/mol. The molecule has 0 aliphatic carbocycles. The average molecular weight is 300 g/mol. The first-order valence-corrected chi connectivity index (χ1v) is 7.47. The second-order valence-electron chi connectivity index (χ2n) is 4.84. The van der Waals surface area contributed by atoms with Crippen LogP contribution in [-0.2, 0) is 6.54 Å². The molecule has 0 fully saturated rings. The van der Waals surface area contributed by atoms with Crippen LogP contribution in [0.25, 0.3) is 5.69 Å². The van der Waals surface area contributed by atoms with E-state index in [1.807, 2.05) is 31.2 Å². The van der Waals surface area contributed by atoms with Crippen LogP contribution >= 0.6 is 11.3 Å². The molecule has 6 nitrogen and oxygen atoms in total. The van der Waals surface area contributed by atoms with Gasteiger partial charge in [-0.3, -0.25) is 0 Å². The maximum Gasteiger partial charge on any atom is 0.248 e. The minimum absolute atomic E-state index is 0.614. The van der Waals surface area contributed by atoms with Crippen molar-refractivity contribution in [2.24, 2.45) is 0 Å². The molecule has 0 radical (unpaired) electrons. The average Bonchev–Trinajstić information content (AvgIpc) is 3.04. The SMILES string of the molecule is Cc1ccc(-n2nnnc2NCc2nc(C)sc2C)cc1. The Bertz CT molecular complexity index is 743. The number of aryl methyl sites for hydroxylation is 3. The lowest BCUT2D eigenvalue weighted by atomic mass is 10.2. The zero-order valence-electron chi connectivity index (χ0n) is 12.2. The van der Waals surface area contributed by atoms with Gasteiger partial charge in [-0.25, -0.2) is 4.98 Å². The lowest BCUT2D eigenvalue weighted by Gasteiger charge is -2.06. The third kappa shape index (κ3) is 2.92. The quantitative estimate of drug-likeness (QED) is 0.802. The van der Waals surface area contributed by atoms with Gasteiger partial charge >= 0.3 is 0 Å². The summed E-state index contributed by atoms with van der Waals surface area (Å²) in [6.45, 7) is 6.75. The van der Waals surface area contributed by atoms with Crippen LogP contribution in [0.1, 0.15) is 21.1 Å². The first kappa shape index (κ1) is 13.7. The molecule has 7 heteroatoms. The highest BCUT2D eigenvalue weighted by atomic mass is 32.1. The number of hydrogen-bond donors (Lipinski definition) is 1. The number of nitrogens with one attached hydrogen (secondary N) is 1. The van der Waals surface area contributed by atoms with Crippen molar-refractivity contribution in [3.8, 4) is 5.69 Å². The van der Waals surface area contributed by atoms with Crippen LogP contribution in [0.2, 0.25) is 0 Å². The van der Waals surface area contributed by atoms with E-state index in [0.29, 0.717) is 12.5 Å². The van der Waals surface area contributed by atoms with E-state index in [0.717, 1.165) is 16.4 Å². The zero-order chi connectivity index (χ0) is 14.8. The summed E-state index contributed by atoms with van der Waals surface area (Å²) in [4.78, 5) is 5.72. The fourth-order valence-electron chi connectivity index (χ4n) is 2.06. The maximum absolute atomic E-state index is 4.50. The summed E-state index contributed by atoms with van der Waals surface area (Å²) < 4.78 is 1.69. The molecule has 0 bridgehead atoms. The van der Waals surface area contributed by atoms with Gasteiger partial charge in [0.05, 0.1) is 22.9 Å². The molecule has 0 amide bonds. The van der Waals surface area contributed by atoms with Crippen molar-refractivity contribution in [2.45, 2.75) is 27.3 Å². The first-order valence-electron chi connectivity index (χ1n) is 6.65. The second kappa shape index (κ2) is 5.61. The van der Waals surface area contributed by atoms with Gasteiger partial charge in [0, 0.05) is 4.88 Å². The number of nitrogens with zero attached hydrogens (tertiary/aromatic N) is 5. The number of aromatic nitrogens is 5. The molecule has 108 valence electrons. The molecule has 0 saturated heterocycles. The molecule has 1 N–H and O–H groups in total. The van der Waals surface area contributed by atoms with Crippen molar-refractivity contribution < 1.29 is 0 Å². The summed E-state index contributed by atoms with van der Waals surface area (Å²) in [6.07, 6.45) is 0. The molecule has 0 aliphatic heterocycles. The Hall–Kier alpha value is -2.28. The highest BCUT2D eigenvalue weighted by Crippen LogP contribution is 2.18. The summed E-state index contributed by atoms with van der Waals surface area (Å²) in [6, 6.07) is 8.06. The van der Waals surface area contributed by atoms with Gasteiger partial charge in [-0.15, -0.1) is 11.3 Å². The molecule has 0 saturated carbocycles. The standard InChI is InChI=1S/C14H16N6S/c1-9-4-6-12(7-5-9)20-14(17-18-19-20)15-8-13-10(2)21-11(3)16-13/h4-7H,8H2,1-3H3,(H,15,17,19). The van der Waals surface area contributed by atoms with E-state index in [2.05, 4.69) is 39.7 Å². The lowest BCUT2D eigenvalue weighted by molar-refractivity contribution is 0.788. The maximum atomic E-state index is 4.50. The predicted molar refractivity (Wildman–Crippen MR) is 82.8 cm³/mol. The minimum Gasteiger partial charge on any atom is -0.347 e. The van der Waals surface area contributed by atoms with E-state index in [9.17, 15) is 0 Å². The van der Waals surface area contributed by atoms with Crippen LogP contribution in [0.3, 0.4) is 0 Å². The van der Waals surface area contributed by atoms with E-state index in [-0.39, 0.29) is 0 Å². The number of rotatable bonds is 4. The van der Waals surface area contributed by atoms with E-state index in [1.54, 1.807) is 16.0 Å². The minimum atomic E-state index is 0.614. The molecule has 0 aliphatic rings. The van der Waals surface area contributed by atoms with Gasteiger partial charge in [0.1, 0.15) is 0 Å². The van der Waals surface area contributed by atoms with Crippen molar-refractivity contribution in [3.05, 3.63) is 45.4 Å². The van der Waals surface area contributed by atoms with Crippen molar-refractivity contribution in [2.75, 3.05) is 5.32 Å². The second-order valence-corrected chi connectivity index (χ2v) is 6.25. The molecule has 2 aromatic heterocycles. The normalized spacial score (nSPS) is 10.8. The number of hydrogen-bond acceptors (Lipinski definition) is 6. The van der Waals surface area contributed by atoms with Gasteiger partial charge in [0.15, 0.2) is 0 Å². The third-order valence-electron chi connectivity index (χ3n) is 3.16. The smallest absolute Gasteiger partial charge is 0.248 e. The fourth-order valence-corrected chi connectivity index (χ4v) is 2.89. The molecule has 0 unspecified atom stereocenters. The molecule has 0 atom stereocenters. The summed E-state index contributed by atoms with van der Waals surface area (Å²) in [5.41, 5.74) is 3.17. The summed E-state index contributed by atoms with van der Waals surface area (Å²) in [5, 5.41) is 16.1. The Morgan fingerprint density at radius 2 is 1.90 bits per heavy atom. The van der Waals surface area contributed by atoms with Crippen LogP contribution < -0.4 is 5.32 Å². The summed E-state index contributed by atoms with van der Waals surface area (Å²) in [7, 11) is 0. The molecular weight excluding hydrogens is 284 g/mol. The molecule has 21 heavy (non-hydrogen) atoms. The lowest BCUT2D eigenvalue weighted by Crippen LogP contribution is -2.08. The zero-order valence-corrected chi connectivity index (χ0v) is 13.0. The summed E-state index contributed by atoms with van der Waals surface area (Å²) in [5.74, 6) is 0.615. The van der Waals surface area contributed by atoms with Crippen LogP contribution in [0.15, 0.2) is 24.3 Å². The van der Waals surface area contributed by atoms with Crippen molar-refractivity contribution in [1.82, 2.24) is 25.2 Å². The van der Waals surface area contributed by atoms with E-state index < -0.39 is 0 Å². The Labute approximate surface area is 126 Å². The van der Waals surface area contributed by atoms with E-state index >= 15 is 0 Å². The van der Waals surface area contributed by atoms with Gasteiger partial charge in [-0.1, -0.05) is 22.8 Å². The number of benzene rings is 1. The summed E-state index contributed by atoms with van der Waals surface area (Å²) >= 11 is 1.70. The number of anilines is 1. The van der Waals surface area contributed by atoms with E-state index in [4.69, 9.17) is 0 Å². The van der Waals surface area contributed by atoms with Crippen LogP contribution in [-0.4, -0.2) is 25.2 Å². The Kier molecular flexibility index (Phi) is 3.66. The van der Waals surface area contributed by atoms with Crippen LogP contribution in [0.4, 0.5) is 5.95 Å². The third-order valence-corrected chi connectivity index (χ3v) is 4.09. The van der Waals surface area contributed by atoms with Crippen molar-refractivity contribution in [3.63, 3.8) is 0 Å². The molecular formula is C14H16N6S. The molecule has 3 aromatic rings. The molecule has 0 spiro atoms. The van der Waals surface area contributed by atoms with E-state index in [1.165, 1.54) is 10.4 Å². The van der Waals surface area contributed by atoms with Crippen molar-refractivity contribution >= 4 is 17.3 Å². The van der Waals surface area contributed by atoms with Gasteiger partial charge in [0.2, 0.25) is 5.95 Å². The predicted octanol–water partition coefficient (Wildman–Crippen LogP) is 2.66. The topological polar surface area (TPSA) is 68.5 Å². The molecule has 1 aromatic carbocycles. The number of tetrazole rings is 1. The van der Waals surface area contributed by atoms with Crippen LogP contribution in [0.5, 0.6) is 0 Å². The Morgan fingerprint density at radius 1 is 1.14 bits per heavy atom. The van der Waals surface area contributed by atoms with Crippen molar-refractivity contribution in [1.29, 1.82) is 0 Å².